The number of hydrogen-bond donors (Lipinski definition) is 2. The number of aliphatic imine (C=N–C) groups is 1. The highest BCUT2D eigenvalue weighted by Gasteiger charge is 2.21. The lowest BCUT2D eigenvalue weighted by atomic mass is 10.1. The fraction of sp³-hybridized carbons (Fsp3) is 0.650. The predicted molar refractivity (Wildman–Crippen MR) is 110 cm³/mol. The lowest BCUT2D eigenvalue weighted by Gasteiger charge is -2.34. The first-order valence-corrected chi connectivity index (χ1v) is 10.1. The second kappa shape index (κ2) is 13.1. The molecule has 2 heterocycles. The van der Waals surface area contributed by atoms with Crippen LogP contribution in [0.2, 0.25) is 0 Å². The van der Waals surface area contributed by atoms with Crippen LogP contribution in [0.5, 0.6) is 0 Å². The average Bonchev–Trinajstić information content (AvgIpc) is 2.74. The van der Waals surface area contributed by atoms with E-state index in [4.69, 9.17) is 9.47 Å². The van der Waals surface area contributed by atoms with Crippen molar-refractivity contribution in [2.45, 2.75) is 32.3 Å². The molecule has 1 fully saturated rings. The average molecular weight is 392 g/mol. The van der Waals surface area contributed by atoms with Gasteiger partial charge in [0.15, 0.2) is 5.96 Å². The summed E-state index contributed by atoms with van der Waals surface area (Å²) in [5.41, 5.74) is 0.561. The first-order chi connectivity index (χ1) is 13.7. The number of carbonyl (C=O) groups excluding carboxylic acids is 1. The number of methoxy groups -OCH3 is 1. The highest BCUT2D eigenvalue weighted by Crippen LogP contribution is 2.14. The van der Waals surface area contributed by atoms with Crippen LogP contribution in [-0.2, 0) is 9.47 Å². The topological polar surface area (TPSA) is 88.1 Å². The zero-order valence-electron chi connectivity index (χ0n) is 17.0. The van der Waals surface area contributed by atoms with Crippen LogP contribution in [0.1, 0.15) is 36.5 Å². The van der Waals surface area contributed by atoms with Crippen LogP contribution >= 0.6 is 0 Å². The van der Waals surface area contributed by atoms with E-state index in [0.29, 0.717) is 24.8 Å². The number of ether oxygens (including phenoxy) is 2. The molecule has 1 amide bonds. The zero-order valence-corrected chi connectivity index (χ0v) is 17.0. The second-order valence-electron chi connectivity index (χ2n) is 6.64. The van der Waals surface area contributed by atoms with Gasteiger partial charge in [0, 0.05) is 58.9 Å². The molecular formula is C20H33N5O3. The number of likely N-dealkylation sites (tertiary alicyclic amines) is 1. The second-order valence-corrected chi connectivity index (χ2v) is 6.64. The summed E-state index contributed by atoms with van der Waals surface area (Å²) in [5.74, 6) is 0.774. The Kier molecular flexibility index (Phi) is 10.3. The summed E-state index contributed by atoms with van der Waals surface area (Å²) in [7, 11) is 1.71. The Bertz CT molecular complexity index is 589. The molecule has 28 heavy (non-hydrogen) atoms. The van der Waals surface area contributed by atoms with Crippen LogP contribution in [0.3, 0.4) is 0 Å². The molecule has 0 aromatic carbocycles. The SMILES string of the molecule is CCNC(=NCCNC(=O)c1cccnc1)N1CCC(OCCCOC)CC1. The van der Waals surface area contributed by atoms with Crippen LogP contribution < -0.4 is 10.6 Å². The van der Waals surface area contributed by atoms with Crippen molar-refractivity contribution in [3.05, 3.63) is 30.1 Å². The fourth-order valence-corrected chi connectivity index (χ4v) is 3.04. The molecule has 0 saturated carbocycles. The molecular weight excluding hydrogens is 358 g/mol. The van der Waals surface area contributed by atoms with Gasteiger partial charge in [0.1, 0.15) is 0 Å². The smallest absolute Gasteiger partial charge is 0.252 e. The molecule has 8 heteroatoms. The van der Waals surface area contributed by atoms with Gasteiger partial charge in [0.25, 0.3) is 5.91 Å². The van der Waals surface area contributed by atoms with E-state index in [2.05, 4.69) is 32.4 Å². The van der Waals surface area contributed by atoms with Gasteiger partial charge in [-0.2, -0.15) is 0 Å². The Morgan fingerprint density at radius 3 is 2.82 bits per heavy atom. The van der Waals surface area contributed by atoms with Crippen LogP contribution in [0.4, 0.5) is 0 Å². The number of amides is 1. The maximum atomic E-state index is 12.0. The molecule has 0 radical (unpaired) electrons. The molecule has 0 bridgehead atoms. The van der Waals surface area contributed by atoms with E-state index < -0.39 is 0 Å². The van der Waals surface area contributed by atoms with Gasteiger partial charge in [-0.25, -0.2) is 0 Å². The fourth-order valence-electron chi connectivity index (χ4n) is 3.04. The molecule has 1 aliphatic rings. The highest BCUT2D eigenvalue weighted by molar-refractivity contribution is 5.93. The van der Waals surface area contributed by atoms with Crippen molar-refractivity contribution in [1.29, 1.82) is 0 Å². The number of carbonyl (C=O) groups is 1. The normalized spacial score (nSPS) is 15.5. The molecule has 2 N–H and O–H groups in total. The third-order valence-electron chi connectivity index (χ3n) is 4.51. The molecule has 0 atom stereocenters. The van der Waals surface area contributed by atoms with E-state index in [1.165, 1.54) is 0 Å². The standard InChI is InChI=1S/C20H33N5O3/c1-3-22-20(24-11-10-23-19(26)17-6-4-9-21-16-17)25-12-7-18(8-13-25)28-15-5-14-27-2/h4,6,9,16,18H,3,5,7-8,10-15H2,1-2H3,(H,22,24)(H,23,26). The predicted octanol–water partition coefficient (Wildman–Crippen LogP) is 1.29. The van der Waals surface area contributed by atoms with E-state index in [1.54, 1.807) is 31.6 Å². The summed E-state index contributed by atoms with van der Waals surface area (Å²) in [6, 6.07) is 3.50. The summed E-state index contributed by atoms with van der Waals surface area (Å²) < 4.78 is 11.0. The Balaban J connectivity index is 1.72. The third-order valence-corrected chi connectivity index (χ3v) is 4.51. The van der Waals surface area contributed by atoms with Gasteiger partial charge < -0.3 is 25.0 Å². The van der Waals surface area contributed by atoms with Crippen molar-refractivity contribution >= 4 is 11.9 Å². The van der Waals surface area contributed by atoms with Crippen LogP contribution in [0, 0.1) is 0 Å². The molecule has 1 saturated heterocycles. The van der Waals surface area contributed by atoms with Crippen molar-refractivity contribution in [1.82, 2.24) is 20.5 Å². The lowest BCUT2D eigenvalue weighted by Crippen LogP contribution is -2.47. The van der Waals surface area contributed by atoms with Gasteiger partial charge in [0.05, 0.1) is 18.2 Å². The summed E-state index contributed by atoms with van der Waals surface area (Å²) in [5, 5.41) is 6.22. The monoisotopic (exact) mass is 391 g/mol. The van der Waals surface area contributed by atoms with E-state index in [-0.39, 0.29) is 5.91 Å². The van der Waals surface area contributed by atoms with Gasteiger partial charge in [-0.05, 0) is 38.3 Å². The molecule has 2 rings (SSSR count). The third kappa shape index (κ3) is 7.82. The number of nitrogens with zero attached hydrogens (tertiary/aromatic N) is 3. The van der Waals surface area contributed by atoms with Gasteiger partial charge in [-0.1, -0.05) is 0 Å². The molecule has 1 aromatic rings. The Hall–Kier alpha value is -2.19. The molecule has 156 valence electrons. The summed E-state index contributed by atoms with van der Waals surface area (Å²) >= 11 is 0. The minimum absolute atomic E-state index is 0.125. The summed E-state index contributed by atoms with van der Waals surface area (Å²) in [6.07, 6.45) is 6.45. The molecule has 0 aliphatic carbocycles. The van der Waals surface area contributed by atoms with Crippen LogP contribution in [0.25, 0.3) is 0 Å². The number of nitrogens with one attached hydrogen (secondary N) is 2. The first-order valence-electron chi connectivity index (χ1n) is 10.1. The maximum Gasteiger partial charge on any atom is 0.252 e. The van der Waals surface area contributed by atoms with Crippen molar-refractivity contribution < 1.29 is 14.3 Å². The molecule has 1 aliphatic heterocycles. The van der Waals surface area contributed by atoms with E-state index in [0.717, 1.165) is 58.1 Å². The number of hydrogen-bond acceptors (Lipinski definition) is 5. The lowest BCUT2D eigenvalue weighted by molar-refractivity contribution is 0.00990. The first kappa shape index (κ1) is 22.1. The largest absolute Gasteiger partial charge is 0.385 e. The van der Waals surface area contributed by atoms with Crippen molar-refractivity contribution in [3.8, 4) is 0 Å². The van der Waals surface area contributed by atoms with Gasteiger partial charge in [-0.15, -0.1) is 0 Å². The van der Waals surface area contributed by atoms with Crippen LogP contribution in [-0.4, -0.2) is 80.9 Å². The summed E-state index contributed by atoms with van der Waals surface area (Å²) in [4.78, 5) is 22.9. The Morgan fingerprint density at radius 1 is 1.32 bits per heavy atom. The number of piperidine rings is 1. The molecule has 0 unspecified atom stereocenters. The van der Waals surface area contributed by atoms with Gasteiger partial charge in [0.2, 0.25) is 0 Å². The van der Waals surface area contributed by atoms with Gasteiger partial charge in [-0.3, -0.25) is 14.8 Å². The summed E-state index contributed by atoms with van der Waals surface area (Å²) in [6.45, 7) is 7.23. The number of guanidine groups is 1. The molecule has 8 nitrogen and oxygen atoms in total. The minimum Gasteiger partial charge on any atom is -0.385 e. The number of rotatable bonds is 10. The van der Waals surface area contributed by atoms with E-state index in [9.17, 15) is 4.79 Å². The zero-order chi connectivity index (χ0) is 20.0. The van der Waals surface area contributed by atoms with Gasteiger partial charge >= 0.3 is 0 Å². The van der Waals surface area contributed by atoms with E-state index in [1.807, 2.05) is 0 Å². The quantitative estimate of drug-likeness (QED) is 0.355. The maximum absolute atomic E-state index is 12.0. The Labute approximate surface area is 167 Å². The van der Waals surface area contributed by atoms with E-state index >= 15 is 0 Å². The minimum atomic E-state index is -0.125. The molecule has 1 aromatic heterocycles. The highest BCUT2D eigenvalue weighted by atomic mass is 16.5. The van der Waals surface area contributed by atoms with Crippen molar-refractivity contribution in [3.63, 3.8) is 0 Å². The number of aromatic nitrogens is 1. The Morgan fingerprint density at radius 2 is 2.14 bits per heavy atom. The number of pyridine rings is 1. The van der Waals surface area contributed by atoms with Crippen LogP contribution in [0.15, 0.2) is 29.5 Å². The van der Waals surface area contributed by atoms with Crippen molar-refractivity contribution in [2.24, 2.45) is 4.99 Å². The molecule has 0 spiro atoms. The van der Waals surface area contributed by atoms with Crippen molar-refractivity contribution in [2.75, 3.05) is 53.0 Å².